The zero-order chi connectivity index (χ0) is 17.6. The molecule has 0 fully saturated rings. The summed E-state index contributed by atoms with van der Waals surface area (Å²) < 4.78 is 5.57. The minimum atomic E-state index is 0.00716. The molecule has 130 valence electrons. The van der Waals surface area contributed by atoms with Crippen LogP contribution in [0.15, 0.2) is 52.3 Å². The summed E-state index contributed by atoms with van der Waals surface area (Å²) >= 11 is 1.50. The SMILES string of the molecule is Cc1ccc(-c2nc(CC(=O)NCCC(C)c3ccccc3)cs2)o1. The lowest BCUT2D eigenvalue weighted by Gasteiger charge is -2.12. The van der Waals surface area contributed by atoms with E-state index in [0.717, 1.165) is 28.6 Å². The number of carbonyl (C=O) groups is 1. The van der Waals surface area contributed by atoms with Crippen LogP contribution in [0.2, 0.25) is 0 Å². The molecule has 0 saturated heterocycles. The second-order valence-electron chi connectivity index (χ2n) is 6.18. The number of thiazole rings is 1. The third kappa shape index (κ3) is 4.79. The number of rotatable bonds is 7. The van der Waals surface area contributed by atoms with Gasteiger partial charge in [-0.2, -0.15) is 0 Å². The molecule has 5 heteroatoms. The first-order chi connectivity index (χ1) is 12.1. The normalized spacial score (nSPS) is 12.1. The van der Waals surface area contributed by atoms with Crippen LogP contribution in [0.1, 0.15) is 36.3 Å². The summed E-state index contributed by atoms with van der Waals surface area (Å²) in [5.41, 5.74) is 2.08. The van der Waals surface area contributed by atoms with Crippen molar-refractivity contribution in [3.8, 4) is 10.8 Å². The van der Waals surface area contributed by atoms with Crippen molar-refractivity contribution in [3.05, 3.63) is 64.9 Å². The van der Waals surface area contributed by atoms with Gasteiger partial charge in [0.1, 0.15) is 5.76 Å². The van der Waals surface area contributed by atoms with Crippen LogP contribution in [-0.4, -0.2) is 17.4 Å². The molecule has 1 aromatic carbocycles. The van der Waals surface area contributed by atoms with Crippen LogP contribution in [0, 0.1) is 6.92 Å². The molecule has 0 aliphatic carbocycles. The Morgan fingerprint density at radius 3 is 2.76 bits per heavy atom. The van der Waals surface area contributed by atoms with E-state index in [1.807, 2.05) is 42.6 Å². The summed E-state index contributed by atoms with van der Waals surface area (Å²) in [4.78, 5) is 16.6. The highest BCUT2D eigenvalue weighted by molar-refractivity contribution is 7.13. The standard InChI is InChI=1S/C20H22N2O2S/c1-14(16-6-4-3-5-7-16)10-11-21-19(23)12-17-13-25-20(22-17)18-9-8-15(2)24-18/h3-9,13-14H,10-12H2,1-2H3,(H,21,23). The van der Waals surface area contributed by atoms with Gasteiger partial charge in [-0.1, -0.05) is 37.3 Å². The third-order valence-corrected chi connectivity index (χ3v) is 5.02. The van der Waals surface area contributed by atoms with Gasteiger partial charge in [0.2, 0.25) is 5.91 Å². The van der Waals surface area contributed by atoms with Crippen LogP contribution >= 0.6 is 11.3 Å². The Morgan fingerprint density at radius 2 is 2.04 bits per heavy atom. The van der Waals surface area contributed by atoms with Gasteiger partial charge in [-0.25, -0.2) is 4.98 Å². The maximum absolute atomic E-state index is 12.1. The summed E-state index contributed by atoms with van der Waals surface area (Å²) in [6, 6.07) is 14.2. The first kappa shape index (κ1) is 17.4. The molecule has 3 rings (SSSR count). The molecule has 0 spiro atoms. The summed E-state index contributed by atoms with van der Waals surface area (Å²) in [7, 11) is 0. The predicted octanol–water partition coefficient (Wildman–Crippen LogP) is 4.56. The minimum Gasteiger partial charge on any atom is -0.459 e. The molecule has 0 bridgehead atoms. The Balaban J connectivity index is 1.46. The van der Waals surface area contributed by atoms with Crippen molar-refractivity contribution < 1.29 is 9.21 Å². The molecule has 1 unspecified atom stereocenters. The van der Waals surface area contributed by atoms with E-state index in [9.17, 15) is 4.79 Å². The van der Waals surface area contributed by atoms with E-state index in [4.69, 9.17) is 4.42 Å². The molecule has 1 N–H and O–H groups in total. The minimum absolute atomic E-state index is 0.00716. The molecular formula is C20H22N2O2S. The van der Waals surface area contributed by atoms with Crippen LogP contribution in [0.5, 0.6) is 0 Å². The zero-order valence-corrected chi connectivity index (χ0v) is 15.3. The molecule has 3 aromatic rings. The van der Waals surface area contributed by atoms with Gasteiger partial charge in [-0.15, -0.1) is 11.3 Å². The van der Waals surface area contributed by atoms with Crippen molar-refractivity contribution in [1.82, 2.24) is 10.3 Å². The average Bonchev–Trinajstić information content (AvgIpc) is 3.24. The van der Waals surface area contributed by atoms with E-state index in [1.165, 1.54) is 16.9 Å². The van der Waals surface area contributed by atoms with Gasteiger partial charge in [0.15, 0.2) is 10.8 Å². The van der Waals surface area contributed by atoms with Gasteiger partial charge >= 0.3 is 0 Å². The van der Waals surface area contributed by atoms with Gasteiger partial charge in [-0.3, -0.25) is 4.79 Å². The Bertz CT molecular complexity index is 823. The molecule has 1 amide bonds. The first-order valence-electron chi connectivity index (χ1n) is 8.44. The van der Waals surface area contributed by atoms with Crippen LogP contribution in [-0.2, 0) is 11.2 Å². The summed E-state index contributed by atoms with van der Waals surface area (Å²) in [6.07, 6.45) is 1.22. The summed E-state index contributed by atoms with van der Waals surface area (Å²) in [5, 5.41) is 5.72. The Kier molecular flexibility index (Phi) is 5.66. The van der Waals surface area contributed by atoms with E-state index < -0.39 is 0 Å². The van der Waals surface area contributed by atoms with Crippen molar-refractivity contribution in [3.63, 3.8) is 0 Å². The lowest BCUT2D eigenvalue weighted by atomic mass is 9.98. The maximum Gasteiger partial charge on any atom is 0.226 e. The van der Waals surface area contributed by atoms with Crippen molar-refractivity contribution in [2.75, 3.05) is 6.54 Å². The van der Waals surface area contributed by atoms with Gasteiger partial charge in [0, 0.05) is 11.9 Å². The molecule has 1 atom stereocenters. The Hall–Kier alpha value is -2.40. The monoisotopic (exact) mass is 354 g/mol. The fraction of sp³-hybridized carbons (Fsp3) is 0.300. The highest BCUT2D eigenvalue weighted by atomic mass is 32.1. The van der Waals surface area contributed by atoms with Crippen molar-refractivity contribution in [2.24, 2.45) is 0 Å². The lowest BCUT2D eigenvalue weighted by Crippen LogP contribution is -2.27. The first-order valence-corrected chi connectivity index (χ1v) is 9.32. The fourth-order valence-electron chi connectivity index (χ4n) is 2.65. The second kappa shape index (κ2) is 8.12. The van der Waals surface area contributed by atoms with E-state index in [0.29, 0.717) is 18.9 Å². The van der Waals surface area contributed by atoms with Crippen LogP contribution < -0.4 is 5.32 Å². The summed E-state index contributed by atoms with van der Waals surface area (Å²) in [6.45, 7) is 4.75. The predicted molar refractivity (Wildman–Crippen MR) is 101 cm³/mol. The van der Waals surface area contributed by atoms with E-state index >= 15 is 0 Å². The topological polar surface area (TPSA) is 55.1 Å². The Labute approximate surface area is 151 Å². The zero-order valence-electron chi connectivity index (χ0n) is 14.5. The third-order valence-electron chi connectivity index (χ3n) is 4.11. The maximum atomic E-state index is 12.1. The largest absolute Gasteiger partial charge is 0.459 e. The molecule has 25 heavy (non-hydrogen) atoms. The highest BCUT2D eigenvalue weighted by Gasteiger charge is 2.12. The van der Waals surface area contributed by atoms with E-state index in [2.05, 4.69) is 29.4 Å². The van der Waals surface area contributed by atoms with Crippen LogP contribution in [0.25, 0.3) is 10.8 Å². The van der Waals surface area contributed by atoms with Crippen LogP contribution in [0.3, 0.4) is 0 Å². The number of nitrogens with one attached hydrogen (secondary N) is 1. The van der Waals surface area contributed by atoms with Gasteiger partial charge in [0.25, 0.3) is 0 Å². The van der Waals surface area contributed by atoms with Crippen LogP contribution in [0.4, 0.5) is 0 Å². The molecule has 0 aliphatic heterocycles. The van der Waals surface area contributed by atoms with Gasteiger partial charge in [0.05, 0.1) is 12.1 Å². The number of hydrogen-bond acceptors (Lipinski definition) is 4. The molecule has 2 aromatic heterocycles. The van der Waals surface area contributed by atoms with E-state index in [1.54, 1.807) is 0 Å². The Morgan fingerprint density at radius 1 is 1.24 bits per heavy atom. The number of benzene rings is 1. The molecular weight excluding hydrogens is 332 g/mol. The number of carbonyl (C=O) groups excluding carboxylic acids is 1. The number of amides is 1. The average molecular weight is 354 g/mol. The molecule has 0 aliphatic rings. The molecule has 0 saturated carbocycles. The smallest absolute Gasteiger partial charge is 0.226 e. The van der Waals surface area contributed by atoms with E-state index in [-0.39, 0.29) is 5.91 Å². The molecule has 2 heterocycles. The lowest BCUT2D eigenvalue weighted by molar-refractivity contribution is -0.120. The number of nitrogens with zero attached hydrogens (tertiary/aromatic N) is 1. The van der Waals surface area contributed by atoms with Gasteiger partial charge in [-0.05, 0) is 37.0 Å². The number of aryl methyl sites for hydroxylation is 1. The highest BCUT2D eigenvalue weighted by Crippen LogP contribution is 2.25. The van der Waals surface area contributed by atoms with Gasteiger partial charge < -0.3 is 9.73 Å². The number of hydrogen-bond donors (Lipinski definition) is 1. The van der Waals surface area contributed by atoms with Crippen molar-refractivity contribution in [2.45, 2.75) is 32.6 Å². The molecule has 4 nitrogen and oxygen atoms in total. The summed E-state index contributed by atoms with van der Waals surface area (Å²) in [5.74, 6) is 2.05. The molecule has 0 radical (unpaired) electrons. The number of furan rings is 1. The number of aromatic nitrogens is 1. The quantitative estimate of drug-likeness (QED) is 0.676. The second-order valence-corrected chi connectivity index (χ2v) is 7.04. The van der Waals surface area contributed by atoms with Crippen molar-refractivity contribution >= 4 is 17.2 Å². The fourth-order valence-corrected chi connectivity index (χ4v) is 3.43. The van der Waals surface area contributed by atoms with Crippen molar-refractivity contribution in [1.29, 1.82) is 0 Å².